The van der Waals surface area contributed by atoms with Gasteiger partial charge in [0.05, 0.1) is 10.1 Å². The van der Waals surface area contributed by atoms with E-state index in [1.54, 1.807) is 12.1 Å². The molecule has 0 bridgehead atoms. The third kappa shape index (κ3) is 4.82. The number of nitrogens with one attached hydrogen (secondary N) is 2. The summed E-state index contributed by atoms with van der Waals surface area (Å²) in [6.45, 7) is 0.209. The molecule has 25 heavy (non-hydrogen) atoms. The summed E-state index contributed by atoms with van der Waals surface area (Å²) in [7, 11) is -3.63. The van der Waals surface area contributed by atoms with Gasteiger partial charge in [-0.15, -0.1) is 0 Å². The van der Waals surface area contributed by atoms with E-state index in [0.29, 0.717) is 10.2 Å². The largest absolute Gasteiger partial charge is 0.254 e. The lowest BCUT2D eigenvalue weighted by molar-refractivity contribution is 0.581. The highest BCUT2D eigenvalue weighted by molar-refractivity contribution is 7.99. The molecule has 3 rings (SSSR count). The lowest BCUT2D eigenvalue weighted by Crippen LogP contribution is -2.27. The second kappa shape index (κ2) is 8.01. The van der Waals surface area contributed by atoms with Crippen LogP contribution in [0.5, 0.6) is 0 Å². The van der Waals surface area contributed by atoms with Gasteiger partial charge in [-0.3, -0.25) is 5.10 Å². The minimum atomic E-state index is -3.63. The Morgan fingerprint density at radius 1 is 1.12 bits per heavy atom. The molecule has 1 aromatic heterocycles. The zero-order chi connectivity index (χ0) is 17.7. The number of hydrogen-bond acceptors (Lipinski definition) is 5. The Morgan fingerprint density at radius 2 is 1.84 bits per heavy atom. The molecule has 0 saturated heterocycles. The number of aromatic nitrogens is 3. The number of rotatable bonds is 7. The maximum Gasteiger partial charge on any atom is 0.240 e. The Hall–Kier alpha value is -1.87. The first-order valence-electron chi connectivity index (χ1n) is 7.37. The molecule has 1 atom stereocenters. The second-order valence-corrected chi connectivity index (χ2v) is 8.51. The third-order valence-electron chi connectivity index (χ3n) is 3.40. The van der Waals surface area contributed by atoms with E-state index in [1.807, 2.05) is 30.3 Å². The Bertz CT molecular complexity index is 901. The summed E-state index contributed by atoms with van der Waals surface area (Å²) >= 11 is 7.22. The summed E-state index contributed by atoms with van der Waals surface area (Å²) in [5, 5.41) is 7.56. The number of benzene rings is 2. The monoisotopic (exact) mass is 394 g/mol. The maximum absolute atomic E-state index is 12.5. The van der Waals surface area contributed by atoms with Crippen molar-refractivity contribution in [2.45, 2.75) is 15.3 Å². The van der Waals surface area contributed by atoms with Gasteiger partial charge in [0.1, 0.15) is 6.33 Å². The van der Waals surface area contributed by atoms with Crippen LogP contribution in [-0.4, -0.2) is 30.1 Å². The van der Waals surface area contributed by atoms with Crippen LogP contribution in [0.1, 0.15) is 10.8 Å². The van der Waals surface area contributed by atoms with Crippen molar-refractivity contribution in [1.29, 1.82) is 0 Å². The third-order valence-corrected chi connectivity index (χ3v) is 6.24. The lowest BCUT2D eigenvalue weighted by Gasteiger charge is -2.16. The Morgan fingerprint density at radius 3 is 2.48 bits per heavy atom. The molecule has 0 aliphatic rings. The van der Waals surface area contributed by atoms with E-state index in [4.69, 9.17) is 11.6 Å². The van der Waals surface area contributed by atoms with Crippen molar-refractivity contribution in [2.75, 3.05) is 6.54 Å². The smallest absolute Gasteiger partial charge is 0.240 e. The first kappa shape index (κ1) is 17.9. The fraction of sp³-hybridized carbons (Fsp3) is 0.125. The van der Waals surface area contributed by atoms with Crippen molar-refractivity contribution >= 4 is 33.4 Å². The summed E-state index contributed by atoms with van der Waals surface area (Å²) in [5.74, 6) is 0. The topological polar surface area (TPSA) is 87.7 Å². The molecule has 1 unspecified atom stereocenters. The van der Waals surface area contributed by atoms with Gasteiger partial charge >= 0.3 is 0 Å². The summed E-state index contributed by atoms with van der Waals surface area (Å²) in [4.78, 5) is 4.27. The van der Waals surface area contributed by atoms with Crippen LogP contribution in [0.2, 0.25) is 5.02 Å². The van der Waals surface area contributed by atoms with E-state index in [9.17, 15) is 8.42 Å². The van der Waals surface area contributed by atoms with Crippen molar-refractivity contribution in [3.8, 4) is 0 Å². The predicted octanol–water partition coefficient (Wildman–Crippen LogP) is 3.27. The molecular weight excluding hydrogens is 380 g/mol. The normalized spacial score (nSPS) is 12.8. The van der Waals surface area contributed by atoms with Crippen molar-refractivity contribution in [2.24, 2.45) is 0 Å². The van der Waals surface area contributed by atoms with E-state index in [2.05, 4.69) is 19.9 Å². The van der Waals surface area contributed by atoms with Gasteiger partial charge in [-0.25, -0.2) is 18.1 Å². The van der Waals surface area contributed by atoms with Gasteiger partial charge in [0.25, 0.3) is 0 Å². The van der Waals surface area contributed by atoms with Crippen LogP contribution in [-0.2, 0) is 10.0 Å². The van der Waals surface area contributed by atoms with Gasteiger partial charge in [0.15, 0.2) is 5.16 Å². The van der Waals surface area contributed by atoms with E-state index in [0.717, 1.165) is 5.56 Å². The quantitative estimate of drug-likeness (QED) is 0.600. The maximum atomic E-state index is 12.5. The molecule has 0 amide bonds. The minimum Gasteiger partial charge on any atom is -0.254 e. The first-order chi connectivity index (χ1) is 12.0. The summed E-state index contributed by atoms with van der Waals surface area (Å²) in [6.07, 6.45) is 1.42. The van der Waals surface area contributed by atoms with Crippen LogP contribution < -0.4 is 4.72 Å². The molecule has 6 nitrogen and oxygen atoms in total. The van der Waals surface area contributed by atoms with Crippen LogP contribution >= 0.6 is 23.4 Å². The fourth-order valence-electron chi connectivity index (χ4n) is 2.16. The van der Waals surface area contributed by atoms with Crippen LogP contribution in [0.3, 0.4) is 0 Å². The van der Waals surface area contributed by atoms with E-state index >= 15 is 0 Å². The SMILES string of the molecule is O=S(=O)(NCC(Sc1ncn[nH]1)c1ccccc1)c1ccc(Cl)cc1. The van der Waals surface area contributed by atoms with Gasteiger partial charge in [-0.1, -0.05) is 53.7 Å². The van der Waals surface area contributed by atoms with Gasteiger partial charge in [-0.2, -0.15) is 5.10 Å². The van der Waals surface area contributed by atoms with E-state index in [1.165, 1.54) is 30.2 Å². The number of H-pyrrole nitrogens is 1. The van der Waals surface area contributed by atoms with Gasteiger partial charge in [0.2, 0.25) is 10.0 Å². The average Bonchev–Trinajstić information content (AvgIpc) is 3.13. The molecule has 0 aliphatic carbocycles. The lowest BCUT2D eigenvalue weighted by atomic mass is 10.1. The molecular formula is C16H15ClN4O2S2. The molecule has 0 aliphatic heterocycles. The number of nitrogens with zero attached hydrogens (tertiary/aromatic N) is 2. The molecule has 2 N–H and O–H groups in total. The molecule has 0 radical (unpaired) electrons. The number of halogens is 1. The Kier molecular flexibility index (Phi) is 5.74. The number of sulfonamides is 1. The number of aromatic amines is 1. The fourth-order valence-corrected chi connectivity index (χ4v) is 4.38. The van der Waals surface area contributed by atoms with Crippen LogP contribution in [0.15, 0.2) is 71.0 Å². The molecule has 0 spiro atoms. The van der Waals surface area contributed by atoms with Crippen LogP contribution in [0.25, 0.3) is 0 Å². The molecule has 0 saturated carbocycles. The average molecular weight is 395 g/mol. The number of thioether (sulfide) groups is 1. The molecule has 1 heterocycles. The molecule has 9 heteroatoms. The summed E-state index contributed by atoms with van der Waals surface area (Å²) in [6, 6.07) is 15.7. The predicted molar refractivity (Wildman–Crippen MR) is 98.1 cm³/mol. The zero-order valence-electron chi connectivity index (χ0n) is 13.0. The minimum absolute atomic E-state index is 0.156. The molecule has 0 fully saturated rings. The molecule has 2 aromatic carbocycles. The first-order valence-corrected chi connectivity index (χ1v) is 10.1. The summed E-state index contributed by atoms with van der Waals surface area (Å²) in [5.41, 5.74) is 0.989. The standard InChI is InChI=1S/C16H15ClN4O2S2/c17-13-6-8-14(9-7-13)25(22,23)20-10-15(12-4-2-1-3-5-12)24-16-18-11-19-21-16/h1-9,11,15,20H,10H2,(H,18,19,21). The highest BCUT2D eigenvalue weighted by Gasteiger charge is 2.20. The summed E-state index contributed by atoms with van der Waals surface area (Å²) < 4.78 is 27.6. The zero-order valence-corrected chi connectivity index (χ0v) is 15.4. The molecule has 130 valence electrons. The van der Waals surface area contributed by atoms with Crippen molar-refractivity contribution in [1.82, 2.24) is 19.9 Å². The van der Waals surface area contributed by atoms with Crippen molar-refractivity contribution in [3.63, 3.8) is 0 Å². The van der Waals surface area contributed by atoms with Crippen LogP contribution in [0, 0.1) is 0 Å². The van der Waals surface area contributed by atoms with Gasteiger partial charge < -0.3 is 0 Å². The highest BCUT2D eigenvalue weighted by Crippen LogP contribution is 2.32. The molecule has 3 aromatic rings. The Balaban J connectivity index is 1.77. The van der Waals surface area contributed by atoms with E-state index in [-0.39, 0.29) is 16.7 Å². The van der Waals surface area contributed by atoms with Crippen molar-refractivity contribution in [3.05, 3.63) is 71.5 Å². The van der Waals surface area contributed by atoms with Gasteiger partial charge in [0, 0.05) is 11.6 Å². The Labute approximate surface area is 155 Å². The van der Waals surface area contributed by atoms with E-state index < -0.39 is 10.0 Å². The number of hydrogen-bond donors (Lipinski definition) is 2. The highest BCUT2D eigenvalue weighted by atomic mass is 35.5. The second-order valence-electron chi connectivity index (χ2n) is 5.11. The van der Waals surface area contributed by atoms with Crippen LogP contribution in [0.4, 0.5) is 0 Å². The van der Waals surface area contributed by atoms with Crippen molar-refractivity contribution < 1.29 is 8.42 Å². The van der Waals surface area contributed by atoms with Gasteiger partial charge in [-0.05, 0) is 29.8 Å².